The first kappa shape index (κ1) is 15.1. The van der Waals surface area contributed by atoms with Crippen LogP contribution in [0.25, 0.3) is 0 Å². The number of rotatable bonds is 4. The summed E-state index contributed by atoms with van der Waals surface area (Å²) >= 11 is 0. The van der Waals surface area contributed by atoms with E-state index in [1.807, 2.05) is 6.07 Å². The maximum absolute atomic E-state index is 12.0. The van der Waals surface area contributed by atoms with Gasteiger partial charge in [-0.1, -0.05) is 12.1 Å². The van der Waals surface area contributed by atoms with Crippen LogP contribution in [-0.4, -0.2) is 30.2 Å². The Balaban J connectivity index is 2.90. The van der Waals surface area contributed by atoms with Gasteiger partial charge in [0.15, 0.2) is 0 Å². The minimum atomic E-state index is -1.21. The smallest absolute Gasteiger partial charge is 0.327 e. The van der Waals surface area contributed by atoms with Gasteiger partial charge in [0.2, 0.25) is 0 Å². The number of carboxylic acids is 1. The number of para-hydroxylation sites is 1. The zero-order valence-corrected chi connectivity index (χ0v) is 10.8. The van der Waals surface area contributed by atoms with Gasteiger partial charge < -0.3 is 10.4 Å². The van der Waals surface area contributed by atoms with Crippen molar-refractivity contribution in [1.29, 1.82) is 5.26 Å². The van der Waals surface area contributed by atoms with Crippen LogP contribution < -0.4 is 10.2 Å². The van der Waals surface area contributed by atoms with Gasteiger partial charge in [-0.25, -0.2) is 9.59 Å². The second-order valence-electron chi connectivity index (χ2n) is 3.94. The van der Waals surface area contributed by atoms with E-state index in [0.29, 0.717) is 11.3 Å². The van der Waals surface area contributed by atoms with Crippen LogP contribution in [0.3, 0.4) is 0 Å². The van der Waals surface area contributed by atoms with E-state index in [1.165, 1.54) is 11.9 Å². The molecule has 6 heteroatoms. The van der Waals surface area contributed by atoms with E-state index in [0.717, 1.165) is 0 Å². The largest absolute Gasteiger partial charge is 0.480 e. The molecule has 20 heavy (non-hydrogen) atoms. The highest BCUT2D eigenvalue weighted by Gasteiger charge is 2.22. The number of hydrogen-bond donors (Lipinski definition) is 2. The number of carbonyl (C=O) groups excluding carboxylic acids is 1. The number of nitrogens with one attached hydrogen (secondary N) is 1. The number of anilines is 1. The Labute approximate surface area is 116 Å². The minimum absolute atomic E-state index is 0.116. The summed E-state index contributed by atoms with van der Waals surface area (Å²) in [5.74, 6) is 0.979. The van der Waals surface area contributed by atoms with Gasteiger partial charge in [-0.15, -0.1) is 12.3 Å². The Hall–Kier alpha value is -2.99. The van der Waals surface area contributed by atoms with Crippen LogP contribution in [0.2, 0.25) is 0 Å². The van der Waals surface area contributed by atoms with Crippen LogP contribution >= 0.6 is 0 Å². The van der Waals surface area contributed by atoms with Crippen LogP contribution in [0.4, 0.5) is 10.5 Å². The predicted octanol–water partition coefficient (Wildman–Crippen LogP) is 1.18. The summed E-state index contributed by atoms with van der Waals surface area (Å²) in [6, 6.07) is 6.66. The molecule has 0 spiro atoms. The molecule has 2 amide bonds. The number of carbonyl (C=O) groups is 2. The van der Waals surface area contributed by atoms with Crippen LogP contribution in [0.15, 0.2) is 24.3 Å². The number of benzene rings is 1. The van der Waals surface area contributed by atoms with Gasteiger partial charge >= 0.3 is 12.0 Å². The first-order valence-corrected chi connectivity index (χ1v) is 5.71. The Morgan fingerprint density at radius 1 is 1.50 bits per heavy atom. The predicted molar refractivity (Wildman–Crippen MR) is 73.0 cm³/mol. The maximum atomic E-state index is 12.0. The number of urea groups is 1. The van der Waals surface area contributed by atoms with E-state index < -0.39 is 18.0 Å². The van der Waals surface area contributed by atoms with Gasteiger partial charge in [0.25, 0.3) is 0 Å². The summed E-state index contributed by atoms with van der Waals surface area (Å²) in [6.45, 7) is 0. The molecular weight excluding hydrogens is 258 g/mol. The molecule has 0 aliphatic carbocycles. The quantitative estimate of drug-likeness (QED) is 0.804. The molecule has 1 aromatic carbocycles. The van der Waals surface area contributed by atoms with Crippen LogP contribution in [0.1, 0.15) is 12.0 Å². The van der Waals surface area contributed by atoms with Crippen molar-refractivity contribution < 1.29 is 14.7 Å². The lowest BCUT2D eigenvalue weighted by atomic mass is 10.2. The molecule has 0 heterocycles. The topological polar surface area (TPSA) is 93.4 Å². The molecule has 0 radical (unpaired) electrons. The van der Waals surface area contributed by atoms with Crippen LogP contribution in [-0.2, 0) is 4.79 Å². The van der Waals surface area contributed by atoms with Gasteiger partial charge in [-0.3, -0.25) is 4.90 Å². The fourth-order valence-corrected chi connectivity index (χ4v) is 1.53. The Morgan fingerprint density at radius 2 is 2.15 bits per heavy atom. The molecule has 0 aliphatic heterocycles. The highest BCUT2D eigenvalue weighted by molar-refractivity contribution is 5.95. The molecule has 0 bridgehead atoms. The van der Waals surface area contributed by atoms with Crippen molar-refractivity contribution >= 4 is 17.7 Å². The van der Waals surface area contributed by atoms with Crippen molar-refractivity contribution in [2.24, 2.45) is 0 Å². The van der Waals surface area contributed by atoms with Gasteiger partial charge in [0.05, 0.1) is 11.3 Å². The molecule has 0 saturated carbocycles. The number of nitriles is 1. The first-order chi connectivity index (χ1) is 9.51. The fraction of sp³-hybridized carbons (Fsp3) is 0.214. The van der Waals surface area contributed by atoms with Gasteiger partial charge in [-0.2, -0.15) is 5.26 Å². The van der Waals surface area contributed by atoms with Gasteiger partial charge in [0, 0.05) is 13.5 Å². The zero-order valence-electron chi connectivity index (χ0n) is 10.8. The summed E-state index contributed by atoms with van der Waals surface area (Å²) < 4.78 is 0. The minimum Gasteiger partial charge on any atom is -0.480 e. The average molecular weight is 271 g/mol. The highest BCUT2D eigenvalue weighted by atomic mass is 16.4. The molecule has 1 unspecified atom stereocenters. The number of carboxylic acid groups (broad SMARTS) is 1. The van der Waals surface area contributed by atoms with Crippen LogP contribution in [0, 0.1) is 23.7 Å². The Morgan fingerprint density at radius 3 is 2.70 bits per heavy atom. The molecule has 0 aromatic heterocycles. The number of hydrogen-bond acceptors (Lipinski definition) is 3. The van der Waals surface area contributed by atoms with E-state index in [4.69, 9.17) is 16.8 Å². The van der Waals surface area contributed by atoms with E-state index in [9.17, 15) is 9.59 Å². The fourth-order valence-electron chi connectivity index (χ4n) is 1.53. The van der Waals surface area contributed by atoms with E-state index >= 15 is 0 Å². The van der Waals surface area contributed by atoms with E-state index in [1.54, 1.807) is 24.3 Å². The molecule has 0 saturated heterocycles. The Bertz CT molecular complexity index is 598. The molecule has 102 valence electrons. The van der Waals surface area contributed by atoms with Crippen molar-refractivity contribution in [1.82, 2.24) is 5.32 Å². The number of amides is 2. The van der Waals surface area contributed by atoms with Crippen molar-refractivity contribution in [3.8, 4) is 18.4 Å². The number of aliphatic carboxylic acids is 1. The molecule has 0 aliphatic rings. The lowest BCUT2D eigenvalue weighted by molar-refractivity contribution is -0.139. The summed E-state index contributed by atoms with van der Waals surface area (Å²) in [4.78, 5) is 24.1. The molecule has 1 atom stereocenters. The standard InChI is InChI=1S/C14H13N3O3/c1-3-6-11(13(18)19)16-14(20)17(2)12-8-5-4-7-10(12)9-15/h1,4-5,7-8,11H,6H2,2H3,(H,16,20)(H,18,19). The molecular formula is C14H13N3O3. The third-order valence-corrected chi connectivity index (χ3v) is 2.61. The average Bonchev–Trinajstić information content (AvgIpc) is 2.45. The van der Waals surface area contributed by atoms with Crippen molar-refractivity contribution in [2.75, 3.05) is 11.9 Å². The molecule has 2 N–H and O–H groups in total. The van der Waals surface area contributed by atoms with Crippen LogP contribution in [0.5, 0.6) is 0 Å². The lowest BCUT2D eigenvalue weighted by Crippen LogP contribution is -2.46. The van der Waals surface area contributed by atoms with E-state index in [2.05, 4.69) is 11.2 Å². The first-order valence-electron chi connectivity index (χ1n) is 5.71. The summed E-state index contributed by atoms with van der Waals surface area (Å²) in [6.07, 6.45) is 4.94. The van der Waals surface area contributed by atoms with Crippen molar-refractivity contribution in [2.45, 2.75) is 12.5 Å². The molecule has 1 aromatic rings. The third-order valence-electron chi connectivity index (χ3n) is 2.61. The number of terminal acetylenes is 1. The van der Waals surface area contributed by atoms with E-state index in [-0.39, 0.29) is 6.42 Å². The second-order valence-corrected chi connectivity index (χ2v) is 3.94. The Kier molecular flexibility index (Phi) is 5.13. The summed E-state index contributed by atoms with van der Waals surface area (Å²) in [5.41, 5.74) is 0.700. The normalized spacial score (nSPS) is 10.8. The molecule has 6 nitrogen and oxygen atoms in total. The third kappa shape index (κ3) is 3.50. The van der Waals surface area contributed by atoms with Crippen molar-refractivity contribution in [3.63, 3.8) is 0 Å². The van der Waals surface area contributed by atoms with Crippen molar-refractivity contribution in [3.05, 3.63) is 29.8 Å². The lowest BCUT2D eigenvalue weighted by Gasteiger charge is -2.21. The molecule has 0 fully saturated rings. The van der Waals surface area contributed by atoms with Gasteiger partial charge in [-0.05, 0) is 12.1 Å². The monoisotopic (exact) mass is 271 g/mol. The SMILES string of the molecule is C#CCC(NC(=O)N(C)c1ccccc1C#N)C(=O)O. The summed E-state index contributed by atoms with van der Waals surface area (Å²) in [5, 5.41) is 20.2. The maximum Gasteiger partial charge on any atom is 0.327 e. The van der Waals surface area contributed by atoms with Gasteiger partial charge in [0.1, 0.15) is 12.1 Å². The second kappa shape index (κ2) is 6.81. The number of nitrogens with zero attached hydrogens (tertiary/aromatic N) is 2. The zero-order chi connectivity index (χ0) is 15.1. The highest BCUT2D eigenvalue weighted by Crippen LogP contribution is 2.18. The molecule has 1 rings (SSSR count). The summed E-state index contributed by atoms with van der Waals surface area (Å²) in [7, 11) is 1.44.